The molecule has 5 rings (SSSR count). The number of aromatic nitrogens is 2. The van der Waals surface area contributed by atoms with E-state index < -0.39 is 0 Å². The Morgan fingerprint density at radius 2 is 1.88 bits per heavy atom. The average molecular weight is 427 g/mol. The molecule has 0 spiro atoms. The van der Waals surface area contributed by atoms with E-state index >= 15 is 0 Å². The van der Waals surface area contributed by atoms with Crippen LogP contribution < -0.4 is 0 Å². The molecule has 1 unspecified atom stereocenters. The van der Waals surface area contributed by atoms with Crippen LogP contribution in [0, 0.1) is 5.82 Å². The number of fused-ring (bicyclic) bond motifs is 1. The van der Waals surface area contributed by atoms with Crippen LogP contribution in [-0.4, -0.2) is 40.5 Å². The fourth-order valence-electron chi connectivity index (χ4n) is 4.06. The lowest BCUT2D eigenvalue weighted by Gasteiger charge is -2.33. The number of hydrogen-bond acceptors (Lipinski definition) is 4. The summed E-state index contributed by atoms with van der Waals surface area (Å²) in [6.45, 7) is 1.41. The van der Waals surface area contributed by atoms with Gasteiger partial charge < -0.3 is 9.64 Å². The Morgan fingerprint density at radius 1 is 1.03 bits per heavy atom. The second-order valence-corrected chi connectivity index (χ2v) is 7.84. The molecule has 5 nitrogen and oxygen atoms in total. The maximum atomic E-state index is 13.3. The van der Waals surface area contributed by atoms with Crippen molar-refractivity contribution >= 4 is 16.8 Å². The molecule has 160 valence electrons. The summed E-state index contributed by atoms with van der Waals surface area (Å²) < 4.78 is 19.1. The van der Waals surface area contributed by atoms with Crippen molar-refractivity contribution in [1.82, 2.24) is 14.9 Å². The lowest BCUT2D eigenvalue weighted by atomic mass is 10.1. The van der Waals surface area contributed by atoms with Gasteiger partial charge in [0.05, 0.1) is 24.4 Å². The van der Waals surface area contributed by atoms with E-state index in [0.717, 1.165) is 27.9 Å². The zero-order chi connectivity index (χ0) is 21.9. The number of carbonyl (C=O) groups excluding carboxylic acids is 1. The SMILES string of the molecule is O=C(c1cccc2ncccc12)N1CCOC(c2cccc(Cc3ccc(F)cc3)n2)C1. The second kappa shape index (κ2) is 8.85. The summed E-state index contributed by atoms with van der Waals surface area (Å²) in [5.41, 5.74) is 4.11. The molecule has 0 N–H and O–H groups in total. The predicted molar refractivity (Wildman–Crippen MR) is 120 cm³/mol. The minimum Gasteiger partial charge on any atom is -0.368 e. The van der Waals surface area contributed by atoms with E-state index in [0.29, 0.717) is 31.7 Å². The van der Waals surface area contributed by atoms with E-state index in [1.807, 2.05) is 53.4 Å². The quantitative estimate of drug-likeness (QED) is 0.479. The van der Waals surface area contributed by atoms with Crippen LogP contribution in [0.15, 0.2) is 79.0 Å². The largest absolute Gasteiger partial charge is 0.368 e. The van der Waals surface area contributed by atoms with E-state index in [2.05, 4.69) is 4.98 Å². The summed E-state index contributed by atoms with van der Waals surface area (Å²) in [6.07, 6.45) is 2.03. The van der Waals surface area contributed by atoms with Crippen molar-refractivity contribution in [3.63, 3.8) is 0 Å². The molecule has 1 aliphatic heterocycles. The highest BCUT2D eigenvalue weighted by molar-refractivity contribution is 6.06. The number of carbonyl (C=O) groups is 1. The van der Waals surface area contributed by atoms with Crippen LogP contribution >= 0.6 is 0 Å². The molecule has 0 aliphatic carbocycles. The molecule has 1 aliphatic rings. The predicted octanol–water partition coefficient (Wildman–Crippen LogP) is 4.57. The Kier molecular flexibility index (Phi) is 5.60. The van der Waals surface area contributed by atoms with Crippen LogP contribution in [0.5, 0.6) is 0 Å². The second-order valence-electron chi connectivity index (χ2n) is 7.84. The van der Waals surface area contributed by atoms with Crippen LogP contribution in [-0.2, 0) is 11.2 Å². The van der Waals surface area contributed by atoms with Gasteiger partial charge in [-0.1, -0.05) is 30.3 Å². The lowest BCUT2D eigenvalue weighted by Crippen LogP contribution is -2.42. The van der Waals surface area contributed by atoms with Crippen molar-refractivity contribution in [3.8, 4) is 0 Å². The van der Waals surface area contributed by atoms with Gasteiger partial charge in [0.25, 0.3) is 5.91 Å². The summed E-state index contributed by atoms with van der Waals surface area (Å²) in [4.78, 5) is 24.3. The molecule has 1 atom stereocenters. The molecule has 0 radical (unpaired) electrons. The fourth-order valence-corrected chi connectivity index (χ4v) is 4.06. The number of benzene rings is 2. The first-order valence-corrected chi connectivity index (χ1v) is 10.6. The zero-order valence-corrected chi connectivity index (χ0v) is 17.4. The van der Waals surface area contributed by atoms with Crippen molar-refractivity contribution < 1.29 is 13.9 Å². The van der Waals surface area contributed by atoms with Crippen molar-refractivity contribution in [3.05, 3.63) is 107 Å². The van der Waals surface area contributed by atoms with Gasteiger partial charge in [0.15, 0.2) is 0 Å². The average Bonchev–Trinajstić information content (AvgIpc) is 2.85. The highest BCUT2D eigenvalue weighted by atomic mass is 19.1. The zero-order valence-electron chi connectivity index (χ0n) is 17.4. The molecule has 1 fully saturated rings. The molecule has 32 heavy (non-hydrogen) atoms. The monoisotopic (exact) mass is 427 g/mol. The highest BCUT2D eigenvalue weighted by Crippen LogP contribution is 2.25. The topological polar surface area (TPSA) is 55.3 Å². The Labute approximate surface area is 185 Å². The van der Waals surface area contributed by atoms with Gasteiger partial charge in [-0.2, -0.15) is 0 Å². The molecule has 0 saturated carbocycles. The van der Waals surface area contributed by atoms with E-state index in [4.69, 9.17) is 9.72 Å². The van der Waals surface area contributed by atoms with Crippen LogP contribution in [0.4, 0.5) is 4.39 Å². The standard InChI is InChI=1S/C26H22FN3O2/c27-19-11-9-18(10-12-19)16-20-4-1-8-24(29-20)25-17-30(14-15-32-25)26(31)22-5-2-7-23-21(22)6-3-13-28-23/h1-13,25H,14-17H2. The fraction of sp³-hybridized carbons (Fsp3) is 0.192. The number of halogens is 1. The van der Waals surface area contributed by atoms with E-state index in [9.17, 15) is 9.18 Å². The first kappa shape index (κ1) is 20.3. The van der Waals surface area contributed by atoms with E-state index in [1.165, 1.54) is 12.1 Å². The van der Waals surface area contributed by atoms with Crippen molar-refractivity contribution in [1.29, 1.82) is 0 Å². The number of pyridine rings is 2. The van der Waals surface area contributed by atoms with Crippen molar-refractivity contribution in [2.75, 3.05) is 19.7 Å². The lowest BCUT2D eigenvalue weighted by molar-refractivity contribution is -0.0247. The Hall–Kier alpha value is -3.64. The minimum atomic E-state index is -0.297. The molecule has 4 aromatic rings. The van der Waals surface area contributed by atoms with Gasteiger partial charge in [0.2, 0.25) is 0 Å². The van der Waals surface area contributed by atoms with Gasteiger partial charge in [-0.05, 0) is 48.0 Å². The Morgan fingerprint density at radius 3 is 2.75 bits per heavy atom. The summed E-state index contributed by atoms with van der Waals surface area (Å²) in [5, 5.41) is 0.850. The van der Waals surface area contributed by atoms with Gasteiger partial charge in [-0.3, -0.25) is 14.8 Å². The molecule has 1 saturated heterocycles. The minimum absolute atomic E-state index is 0.0284. The molecule has 1 amide bonds. The third kappa shape index (κ3) is 4.22. The van der Waals surface area contributed by atoms with Gasteiger partial charge in [-0.25, -0.2) is 4.39 Å². The molecule has 2 aromatic carbocycles. The normalized spacial score (nSPS) is 16.3. The van der Waals surface area contributed by atoms with Gasteiger partial charge in [-0.15, -0.1) is 0 Å². The van der Waals surface area contributed by atoms with Gasteiger partial charge in [0, 0.05) is 35.8 Å². The first-order chi connectivity index (χ1) is 15.7. The molecular weight excluding hydrogens is 405 g/mol. The van der Waals surface area contributed by atoms with Crippen LogP contribution in [0.2, 0.25) is 0 Å². The molecule has 0 bridgehead atoms. The number of ether oxygens (including phenoxy) is 1. The number of morpholine rings is 1. The summed E-state index contributed by atoms with van der Waals surface area (Å²) in [6, 6.07) is 21.6. The molecule has 3 heterocycles. The maximum Gasteiger partial charge on any atom is 0.254 e. The first-order valence-electron chi connectivity index (χ1n) is 10.6. The Bertz CT molecular complexity index is 1250. The third-order valence-corrected chi connectivity index (χ3v) is 5.69. The number of amides is 1. The smallest absolute Gasteiger partial charge is 0.254 e. The number of hydrogen-bond donors (Lipinski definition) is 0. The number of nitrogens with zero attached hydrogens (tertiary/aromatic N) is 3. The van der Waals surface area contributed by atoms with Crippen LogP contribution in [0.25, 0.3) is 10.9 Å². The third-order valence-electron chi connectivity index (χ3n) is 5.69. The summed E-state index contributed by atoms with van der Waals surface area (Å²) >= 11 is 0. The summed E-state index contributed by atoms with van der Waals surface area (Å²) in [5.74, 6) is -0.280. The van der Waals surface area contributed by atoms with Crippen molar-refractivity contribution in [2.24, 2.45) is 0 Å². The Balaban J connectivity index is 1.35. The van der Waals surface area contributed by atoms with E-state index in [1.54, 1.807) is 18.3 Å². The van der Waals surface area contributed by atoms with Crippen molar-refractivity contribution in [2.45, 2.75) is 12.5 Å². The van der Waals surface area contributed by atoms with Gasteiger partial charge in [0.1, 0.15) is 11.9 Å². The number of rotatable bonds is 4. The van der Waals surface area contributed by atoms with Crippen LogP contribution in [0.3, 0.4) is 0 Å². The molecule has 6 heteroatoms. The van der Waals surface area contributed by atoms with E-state index in [-0.39, 0.29) is 17.8 Å². The summed E-state index contributed by atoms with van der Waals surface area (Å²) in [7, 11) is 0. The van der Waals surface area contributed by atoms with Gasteiger partial charge >= 0.3 is 0 Å². The molecular formula is C26H22FN3O2. The highest BCUT2D eigenvalue weighted by Gasteiger charge is 2.28. The van der Waals surface area contributed by atoms with Crippen LogP contribution in [0.1, 0.15) is 33.4 Å². The maximum absolute atomic E-state index is 13.3. The molecule has 2 aromatic heterocycles.